The van der Waals surface area contributed by atoms with Gasteiger partial charge in [0.15, 0.2) is 0 Å². The summed E-state index contributed by atoms with van der Waals surface area (Å²) in [5.41, 5.74) is 4.30. The number of benzene rings is 5. The maximum Gasteiger partial charge on any atom is 0.264 e. The Bertz CT molecular complexity index is 1850. The van der Waals surface area contributed by atoms with Gasteiger partial charge in [0.05, 0.1) is 27.7 Å². The van der Waals surface area contributed by atoms with Crippen molar-refractivity contribution in [3.05, 3.63) is 160 Å². The van der Waals surface area contributed by atoms with E-state index in [4.69, 9.17) is 23.2 Å². The third kappa shape index (κ3) is 5.41. The number of nitrogens with zero attached hydrogens (tertiary/aromatic N) is 2. The van der Waals surface area contributed by atoms with Crippen LogP contribution in [0.5, 0.6) is 0 Å². The molecule has 1 heterocycles. The highest BCUT2D eigenvalue weighted by molar-refractivity contribution is 7.92. The quantitative estimate of drug-likeness (QED) is 0.186. The van der Waals surface area contributed by atoms with Crippen molar-refractivity contribution in [3.63, 3.8) is 0 Å². The van der Waals surface area contributed by atoms with Gasteiger partial charge in [-0.25, -0.2) is 8.42 Å². The van der Waals surface area contributed by atoms with Crippen LogP contribution in [0, 0.1) is 0 Å². The lowest BCUT2D eigenvalue weighted by Crippen LogP contribution is -2.32. The molecule has 0 aromatic heterocycles. The predicted molar refractivity (Wildman–Crippen MR) is 169 cm³/mol. The van der Waals surface area contributed by atoms with Gasteiger partial charge in [-0.05, 0) is 65.2 Å². The van der Waals surface area contributed by atoms with Crippen molar-refractivity contribution in [2.75, 3.05) is 15.7 Å². The molecule has 0 bridgehead atoms. The molecule has 8 heteroatoms. The molecule has 1 aliphatic heterocycles. The molecule has 5 aromatic rings. The second-order valence-corrected chi connectivity index (χ2v) is 12.8. The summed E-state index contributed by atoms with van der Waals surface area (Å²) in [6, 6.07) is 38.0. The van der Waals surface area contributed by atoms with Gasteiger partial charge in [-0.3, -0.25) is 9.10 Å². The van der Waals surface area contributed by atoms with Gasteiger partial charge in [-0.1, -0.05) is 102 Å². The minimum Gasteiger partial charge on any atom is -0.307 e. The summed E-state index contributed by atoms with van der Waals surface area (Å²) < 4.78 is 29.7. The Morgan fingerprint density at radius 3 is 2.14 bits per heavy atom. The van der Waals surface area contributed by atoms with E-state index >= 15 is 0 Å². The van der Waals surface area contributed by atoms with E-state index in [1.54, 1.807) is 29.2 Å². The summed E-state index contributed by atoms with van der Waals surface area (Å²) >= 11 is 12.7. The third-order valence-corrected chi connectivity index (χ3v) is 9.81. The second kappa shape index (κ2) is 11.6. The smallest absolute Gasteiger partial charge is 0.264 e. The molecule has 0 N–H and O–H groups in total. The van der Waals surface area contributed by atoms with Crippen LogP contribution in [0.2, 0.25) is 10.0 Å². The van der Waals surface area contributed by atoms with Gasteiger partial charge < -0.3 is 4.90 Å². The van der Waals surface area contributed by atoms with E-state index in [1.165, 1.54) is 22.5 Å². The Morgan fingerprint density at radius 2 is 1.43 bits per heavy atom. The van der Waals surface area contributed by atoms with Gasteiger partial charge in [0.1, 0.15) is 0 Å². The van der Waals surface area contributed by atoms with E-state index in [0.29, 0.717) is 17.3 Å². The van der Waals surface area contributed by atoms with E-state index in [-0.39, 0.29) is 33.9 Å². The van der Waals surface area contributed by atoms with Gasteiger partial charge >= 0.3 is 0 Å². The molecule has 0 saturated heterocycles. The topological polar surface area (TPSA) is 57.7 Å². The van der Waals surface area contributed by atoms with Crippen molar-refractivity contribution in [1.82, 2.24) is 0 Å². The minimum atomic E-state index is -4.11. The highest BCUT2D eigenvalue weighted by Crippen LogP contribution is 2.41. The molecule has 0 fully saturated rings. The molecule has 210 valence electrons. The van der Waals surface area contributed by atoms with Crippen LogP contribution in [-0.4, -0.2) is 20.9 Å². The number of hydrogen-bond acceptors (Lipinski definition) is 3. The normalized spacial score (nSPS) is 14.4. The maximum atomic E-state index is 14.2. The molecule has 1 atom stereocenters. The van der Waals surface area contributed by atoms with Crippen LogP contribution in [0.4, 0.5) is 11.4 Å². The largest absolute Gasteiger partial charge is 0.307 e. The molecule has 5 aromatic carbocycles. The van der Waals surface area contributed by atoms with Crippen LogP contribution in [0.1, 0.15) is 33.0 Å². The second-order valence-electron chi connectivity index (χ2n) is 10.1. The molecular weight excluding hydrogens is 587 g/mol. The number of sulfonamides is 1. The summed E-state index contributed by atoms with van der Waals surface area (Å²) in [7, 11) is -4.11. The molecule has 42 heavy (non-hydrogen) atoms. The molecule has 1 aliphatic rings. The van der Waals surface area contributed by atoms with Crippen molar-refractivity contribution in [3.8, 4) is 0 Å². The predicted octanol–water partition coefficient (Wildman–Crippen LogP) is 8.18. The number of para-hydroxylation sites is 1. The van der Waals surface area contributed by atoms with E-state index in [9.17, 15) is 13.2 Å². The van der Waals surface area contributed by atoms with E-state index in [2.05, 4.69) is 0 Å². The lowest BCUT2D eigenvalue weighted by Gasteiger charge is -2.25. The molecule has 0 aliphatic carbocycles. The first kappa shape index (κ1) is 28.0. The van der Waals surface area contributed by atoms with Crippen LogP contribution < -0.4 is 9.21 Å². The minimum absolute atomic E-state index is 0.0108. The Balaban J connectivity index is 1.38. The fraction of sp³-hybridized carbons (Fsp3) is 0.0882. The molecule has 0 spiro atoms. The first-order valence-corrected chi connectivity index (χ1v) is 15.6. The maximum absolute atomic E-state index is 14.2. The zero-order valence-electron chi connectivity index (χ0n) is 22.4. The summed E-state index contributed by atoms with van der Waals surface area (Å²) in [5, 5.41) is 0.676. The molecule has 5 nitrogen and oxygen atoms in total. The van der Waals surface area contributed by atoms with Gasteiger partial charge in [0, 0.05) is 23.2 Å². The van der Waals surface area contributed by atoms with E-state index < -0.39 is 10.0 Å². The Kier molecular flexibility index (Phi) is 7.78. The Labute approximate surface area is 255 Å². The first-order valence-electron chi connectivity index (χ1n) is 13.4. The van der Waals surface area contributed by atoms with Crippen molar-refractivity contribution < 1.29 is 13.2 Å². The lowest BCUT2D eigenvalue weighted by atomic mass is 9.93. The van der Waals surface area contributed by atoms with E-state index in [0.717, 1.165) is 22.4 Å². The zero-order chi connectivity index (χ0) is 29.3. The standard InChI is InChI=1S/C34H26Cl2N2O3S/c35-26-15-17-27(18-16-26)38(22-24-9-3-1-4-10-24)42(40,41)28-19-20-32(36)30(21-28)34(39)37-23-31(25-11-5-2-6-12-25)29-13-7-8-14-33(29)37/h1-21,31H,22-23H2. The third-order valence-electron chi connectivity index (χ3n) is 7.46. The van der Waals surface area contributed by atoms with Crippen LogP contribution >= 0.6 is 23.2 Å². The molecule has 1 amide bonds. The number of rotatable bonds is 7. The average Bonchev–Trinajstić information content (AvgIpc) is 3.41. The van der Waals surface area contributed by atoms with Gasteiger partial charge in [-0.15, -0.1) is 0 Å². The van der Waals surface area contributed by atoms with Crippen molar-refractivity contribution in [2.45, 2.75) is 17.4 Å². The van der Waals surface area contributed by atoms with Crippen LogP contribution in [0.25, 0.3) is 0 Å². The Hall–Kier alpha value is -4.10. The van der Waals surface area contributed by atoms with Gasteiger partial charge in [-0.2, -0.15) is 0 Å². The Morgan fingerprint density at radius 1 is 0.786 bits per heavy atom. The summed E-state index contributed by atoms with van der Waals surface area (Å²) in [6.07, 6.45) is 0. The van der Waals surface area contributed by atoms with Gasteiger partial charge in [0.2, 0.25) is 0 Å². The highest BCUT2D eigenvalue weighted by Gasteiger charge is 2.35. The SMILES string of the molecule is O=C(c1cc(S(=O)(=O)N(Cc2ccccc2)c2ccc(Cl)cc2)ccc1Cl)N1CC(c2ccccc2)c2ccccc21. The van der Waals surface area contributed by atoms with Crippen LogP contribution in [-0.2, 0) is 16.6 Å². The molecule has 0 saturated carbocycles. The number of halogens is 2. The summed E-state index contributed by atoms with van der Waals surface area (Å²) in [5.74, 6) is -0.368. The highest BCUT2D eigenvalue weighted by atomic mass is 35.5. The number of fused-ring (bicyclic) bond motifs is 1. The number of amides is 1. The van der Waals surface area contributed by atoms with Crippen molar-refractivity contribution >= 4 is 50.5 Å². The molecule has 0 radical (unpaired) electrons. The lowest BCUT2D eigenvalue weighted by molar-refractivity contribution is 0.0988. The average molecular weight is 614 g/mol. The monoisotopic (exact) mass is 612 g/mol. The molecular formula is C34H26Cl2N2O3S. The van der Waals surface area contributed by atoms with E-state index in [1.807, 2.05) is 84.9 Å². The molecule has 6 rings (SSSR count). The summed E-state index contributed by atoms with van der Waals surface area (Å²) in [6.45, 7) is 0.509. The number of anilines is 2. The fourth-order valence-electron chi connectivity index (χ4n) is 5.34. The van der Waals surface area contributed by atoms with Gasteiger partial charge in [0.25, 0.3) is 15.9 Å². The number of hydrogen-bond donors (Lipinski definition) is 0. The van der Waals surface area contributed by atoms with Crippen molar-refractivity contribution in [2.24, 2.45) is 0 Å². The molecule has 1 unspecified atom stereocenters. The van der Waals surface area contributed by atoms with Crippen molar-refractivity contribution in [1.29, 1.82) is 0 Å². The van der Waals surface area contributed by atoms with Crippen LogP contribution in [0.3, 0.4) is 0 Å². The number of carbonyl (C=O) groups is 1. The number of carbonyl (C=O) groups excluding carboxylic acids is 1. The fourth-order valence-corrected chi connectivity index (χ4v) is 7.15. The first-order chi connectivity index (χ1) is 20.3. The van der Waals surface area contributed by atoms with Crippen LogP contribution in [0.15, 0.2) is 132 Å². The zero-order valence-corrected chi connectivity index (χ0v) is 24.7. The summed E-state index contributed by atoms with van der Waals surface area (Å²) in [4.78, 5) is 15.7.